The largest absolute Gasteiger partial charge is 0.383 e. The summed E-state index contributed by atoms with van der Waals surface area (Å²) in [7, 11) is 0. The third-order valence-electron chi connectivity index (χ3n) is 5.26. The highest BCUT2D eigenvalue weighted by molar-refractivity contribution is 5.86. The lowest BCUT2D eigenvalue weighted by molar-refractivity contribution is 0.522. The molecule has 0 saturated heterocycles. The second kappa shape index (κ2) is 6.98. The summed E-state index contributed by atoms with van der Waals surface area (Å²) in [5, 5.41) is 6.49. The molecule has 6 heteroatoms. The standard InChI is InChI=1S/C23H20N6/c1-2-20(29-23-18(13-27-29)22(24)25-14-26-23)17-12-16-10-6-7-11-19(16)28-21(17)15-8-4-3-5-9-15/h3-14,20H,2H2,1H3,(H2,24,25,26). The number of nitrogens with zero attached hydrogens (tertiary/aromatic N) is 5. The zero-order valence-electron chi connectivity index (χ0n) is 16.0. The molecule has 5 aromatic rings. The van der Waals surface area contributed by atoms with Crippen LogP contribution in [0.15, 0.2) is 73.2 Å². The summed E-state index contributed by atoms with van der Waals surface area (Å²) in [6.45, 7) is 2.15. The molecule has 0 aliphatic rings. The number of hydrogen-bond acceptors (Lipinski definition) is 5. The molecular weight excluding hydrogens is 360 g/mol. The maximum absolute atomic E-state index is 6.03. The normalized spacial score (nSPS) is 12.4. The van der Waals surface area contributed by atoms with Gasteiger partial charge in [0.1, 0.15) is 12.1 Å². The van der Waals surface area contributed by atoms with Crippen LogP contribution >= 0.6 is 0 Å². The highest BCUT2D eigenvalue weighted by atomic mass is 15.3. The molecular formula is C23H20N6. The second-order valence-corrected chi connectivity index (χ2v) is 6.99. The van der Waals surface area contributed by atoms with Crippen molar-refractivity contribution in [2.24, 2.45) is 0 Å². The summed E-state index contributed by atoms with van der Waals surface area (Å²) in [5.74, 6) is 0.441. The summed E-state index contributed by atoms with van der Waals surface area (Å²) in [6, 6.07) is 20.6. The number of hydrogen-bond donors (Lipinski definition) is 1. The first-order valence-electron chi connectivity index (χ1n) is 9.65. The Morgan fingerprint density at radius 2 is 1.79 bits per heavy atom. The Kier molecular flexibility index (Phi) is 4.17. The van der Waals surface area contributed by atoms with Crippen LogP contribution in [0, 0.1) is 0 Å². The van der Waals surface area contributed by atoms with Gasteiger partial charge in [0.2, 0.25) is 0 Å². The Hall–Kier alpha value is -3.80. The number of nitrogen functional groups attached to an aromatic ring is 1. The van der Waals surface area contributed by atoms with Crippen molar-refractivity contribution in [2.45, 2.75) is 19.4 Å². The van der Waals surface area contributed by atoms with Crippen LogP contribution in [0.2, 0.25) is 0 Å². The summed E-state index contributed by atoms with van der Waals surface area (Å²) < 4.78 is 1.94. The minimum Gasteiger partial charge on any atom is -0.383 e. The van der Waals surface area contributed by atoms with Gasteiger partial charge in [0.25, 0.3) is 0 Å². The number of fused-ring (bicyclic) bond motifs is 2. The topological polar surface area (TPSA) is 82.5 Å². The van der Waals surface area contributed by atoms with E-state index in [1.807, 2.05) is 41.1 Å². The maximum atomic E-state index is 6.03. The van der Waals surface area contributed by atoms with Gasteiger partial charge in [-0.15, -0.1) is 0 Å². The van der Waals surface area contributed by atoms with Gasteiger partial charge < -0.3 is 5.73 Å². The first-order chi connectivity index (χ1) is 14.3. The molecule has 5 rings (SSSR count). The molecule has 6 nitrogen and oxygen atoms in total. The van der Waals surface area contributed by atoms with Gasteiger partial charge in [-0.05, 0) is 18.6 Å². The maximum Gasteiger partial charge on any atom is 0.163 e. The summed E-state index contributed by atoms with van der Waals surface area (Å²) >= 11 is 0. The fraction of sp³-hybridized carbons (Fsp3) is 0.130. The van der Waals surface area contributed by atoms with E-state index >= 15 is 0 Å². The smallest absolute Gasteiger partial charge is 0.163 e. The lowest BCUT2D eigenvalue weighted by Crippen LogP contribution is -2.14. The molecule has 0 bridgehead atoms. The third kappa shape index (κ3) is 2.89. The lowest BCUT2D eigenvalue weighted by atomic mass is 9.96. The first-order valence-corrected chi connectivity index (χ1v) is 9.65. The number of aromatic nitrogens is 5. The van der Waals surface area contributed by atoms with Crippen LogP contribution in [0.25, 0.3) is 33.2 Å². The summed E-state index contributed by atoms with van der Waals surface area (Å²) in [5.41, 5.74) is 10.9. The molecule has 29 heavy (non-hydrogen) atoms. The van der Waals surface area contributed by atoms with E-state index in [0.717, 1.165) is 45.2 Å². The lowest BCUT2D eigenvalue weighted by Gasteiger charge is -2.21. The molecule has 2 aromatic carbocycles. The molecule has 0 spiro atoms. The van der Waals surface area contributed by atoms with E-state index in [2.05, 4.69) is 46.3 Å². The van der Waals surface area contributed by atoms with Crippen molar-refractivity contribution in [3.8, 4) is 11.3 Å². The van der Waals surface area contributed by atoms with Crippen LogP contribution in [0.3, 0.4) is 0 Å². The second-order valence-electron chi connectivity index (χ2n) is 6.99. The quantitative estimate of drug-likeness (QED) is 0.492. The van der Waals surface area contributed by atoms with Gasteiger partial charge in [0, 0.05) is 16.5 Å². The van der Waals surface area contributed by atoms with Crippen LogP contribution < -0.4 is 5.73 Å². The highest BCUT2D eigenvalue weighted by Gasteiger charge is 2.22. The van der Waals surface area contributed by atoms with Crippen LogP contribution in [0.5, 0.6) is 0 Å². The van der Waals surface area contributed by atoms with E-state index in [4.69, 9.17) is 10.7 Å². The molecule has 0 radical (unpaired) electrons. The number of nitrogens with two attached hydrogens (primary N) is 1. The predicted molar refractivity (Wildman–Crippen MR) is 115 cm³/mol. The number of pyridine rings is 1. The van der Waals surface area contributed by atoms with Crippen molar-refractivity contribution in [3.63, 3.8) is 0 Å². The Balaban J connectivity index is 1.78. The zero-order valence-corrected chi connectivity index (χ0v) is 16.0. The predicted octanol–water partition coefficient (Wildman–Crippen LogP) is 4.62. The average molecular weight is 380 g/mol. The Morgan fingerprint density at radius 1 is 1.00 bits per heavy atom. The molecule has 0 saturated carbocycles. The van der Waals surface area contributed by atoms with E-state index in [1.54, 1.807) is 6.20 Å². The van der Waals surface area contributed by atoms with Crippen molar-refractivity contribution >= 4 is 27.8 Å². The van der Waals surface area contributed by atoms with E-state index in [0.29, 0.717) is 5.82 Å². The molecule has 142 valence electrons. The van der Waals surface area contributed by atoms with Crippen molar-refractivity contribution in [1.82, 2.24) is 24.7 Å². The van der Waals surface area contributed by atoms with Crippen molar-refractivity contribution in [2.75, 3.05) is 5.73 Å². The van der Waals surface area contributed by atoms with E-state index in [1.165, 1.54) is 6.33 Å². The monoisotopic (exact) mass is 380 g/mol. The van der Waals surface area contributed by atoms with Crippen LogP contribution in [0.1, 0.15) is 24.9 Å². The molecule has 3 heterocycles. The minimum atomic E-state index is -0.0332. The Bertz CT molecular complexity index is 1310. The fourth-order valence-electron chi connectivity index (χ4n) is 3.85. The summed E-state index contributed by atoms with van der Waals surface area (Å²) in [4.78, 5) is 13.6. The molecule has 1 unspecified atom stereocenters. The van der Waals surface area contributed by atoms with E-state index in [9.17, 15) is 0 Å². The Labute approximate surface area is 168 Å². The third-order valence-corrected chi connectivity index (χ3v) is 5.26. The van der Waals surface area contributed by atoms with Gasteiger partial charge >= 0.3 is 0 Å². The van der Waals surface area contributed by atoms with Gasteiger partial charge in [0.15, 0.2) is 5.65 Å². The van der Waals surface area contributed by atoms with E-state index in [-0.39, 0.29) is 6.04 Å². The van der Waals surface area contributed by atoms with Crippen molar-refractivity contribution in [1.29, 1.82) is 0 Å². The summed E-state index contributed by atoms with van der Waals surface area (Å²) in [6.07, 6.45) is 4.06. The number of rotatable bonds is 4. The highest BCUT2D eigenvalue weighted by Crippen LogP contribution is 2.34. The minimum absolute atomic E-state index is 0.0332. The van der Waals surface area contributed by atoms with Gasteiger partial charge in [-0.1, -0.05) is 55.5 Å². The Morgan fingerprint density at radius 3 is 2.62 bits per heavy atom. The van der Waals surface area contributed by atoms with Crippen molar-refractivity contribution in [3.05, 3.63) is 78.8 Å². The molecule has 0 amide bonds. The first kappa shape index (κ1) is 17.3. The number of benzene rings is 2. The van der Waals surface area contributed by atoms with Gasteiger partial charge in [-0.2, -0.15) is 5.10 Å². The molecule has 0 aliphatic heterocycles. The van der Waals surface area contributed by atoms with E-state index < -0.39 is 0 Å². The number of anilines is 1. The van der Waals surface area contributed by atoms with Gasteiger partial charge in [-0.3, -0.25) is 0 Å². The van der Waals surface area contributed by atoms with Crippen molar-refractivity contribution < 1.29 is 0 Å². The molecule has 3 aromatic heterocycles. The van der Waals surface area contributed by atoms with Gasteiger partial charge in [-0.25, -0.2) is 19.6 Å². The van der Waals surface area contributed by atoms with Crippen LogP contribution in [-0.2, 0) is 0 Å². The number of para-hydroxylation sites is 1. The molecule has 0 fully saturated rings. The molecule has 2 N–H and O–H groups in total. The average Bonchev–Trinajstić information content (AvgIpc) is 3.20. The molecule has 1 atom stereocenters. The zero-order chi connectivity index (χ0) is 19.8. The van der Waals surface area contributed by atoms with Gasteiger partial charge in [0.05, 0.1) is 28.8 Å². The SMILES string of the molecule is CCC(c1cc2ccccc2nc1-c1ccccc1)n1ncc2c(N)ncnc21. The fourth-order valence-corrected chi connectivity index (χ4v) is 3.85. The molecule has 0 aliphatic carbocycles. The van der Waals surface area contributed by atoms with Crippen LogP contribution in [0.4, 0.5) is 5.82 Å². The van der Waals surface area contributed by atoms with Crippen LogP contribution in [-0.4, -0.2) is 24.7 Å².